The molecule has 2 rings (SSSR count). The minimum absolute atomic E-state index is 0.0144. The van der Waals surface area contributed by atoms with Gasteiger partial charge in [-0.3, -0.25) is 4.79 Å². The number of carbonyl (C=O) groups excluding carboxylic acids is 1. The number of amides is 1. The van der Waals surface area contributed by atoms with Crippen LogP contribution in [0.5, 0.6) is 0 Å². The summed E-state index contributed by atoms with van der Waals surface area (Å²) >= 11 is 6.64. The van der Waals surface area contributed by atoms with Gasteiger partial charge in [0, 0.05) is 21.4 Å². The molecule has 1 aromatic carbocycles. The van der Waals surface area contributed by atoms with Gasteiger partial charge in [0.15, 0.2) is 0 Å². The maximum Gasteiger partial charge on any atom is 0.255 e. The SMILES string of the molecule is C=C(/C=C\C(F)=C(/C)Cl)NC(=O)c1ccc(F)c(SC2CCCCC2F)c1. The molecule has 1 aromatic rings. The number of nitrogens with one attached hydrogen (secondary N) is 1. The predicted molar refractivity (Wildman–Crippen MR) is 105 cm³/mol. The van der Waals surface area contributed by atoms with Crippen molar-refractivity contribution in [3.8, 4) is 0 Å². The summed E-state index contributed by atoms with van der Waals surface area (Å²) in [5.41, 5.74) is 0.368. The summed E-state index contributed by atoms with van der Waals surface area (Å²) in [5, 5.41) is 2.17. The first-order valence-electron chi connectivity index (χ1n) is 8.58. The summed E-state index contributed by atoms with van der Waals surface area (Å²) in [6.07, 6.45) is 4.31. The molecular formula is C20H21ClF3NOS. The van der Waals surface area contributed by atoms with Crippen molar-refractivity contribution in [1.29, 1.82) is 0 Å². The van der Waals surface area contributed by atoms with Gasteiger partial charge in [0.1, 0.15) is 17.8 Å². The molecule has 0 saturated heterocycles. The Balaban J connectivity index is 2.06. The van der Waals surface area contributed by atoms with Crippen molar-refractivity contribution < 1.29 is 18.0 Å². The summed E-state index contributed by atoms with van der Waals surface area (Å²) in [6, 6.07) is 3.92. The molecule has 2 unspecified atom stereocenters. The van der Waals surface area contributed by atoms with Crippen LogP contribution >= 0.6 is 23.4 Å². The molecular weight excluding hydrogens is 395 g/mol. The summed E-state index contributed by atoms with van der Waals surface area (Å²) in [6.45, 7) is 5.01. The lowest BCUT2D eigenvalue weighted by atomic mass is 9.98. The Morgan fingerprint density at radius 1 is 1.33 bits per heavy atom. The first-order valence-corrected chi connectivity index (χ1v) is 9.84. The highest BCUT2D eigenvalue weighted by Gasteiger charge is 2.26. The zero-order valence-electron chi connectivity index (χ0n) is 14.9. The molecule has 0 radical (unpaired) electrons. The van der Waals surface area contributed by atoms with Gasteiger partial charge in [-0.15, -0.1) is 11.8 Å². The highest BCUT2D eigenvalue weighted by molar-refractivity contribution is 8.00. The van der Waals surface area contributed by atoms with E-state index in [4.69, 9.17) is 11.6 Å². The van der Waals surface area contributed by atoms with Crippen LogP contribution in [0, 0.1) is 5.82 Å². The first kappa shape index (κ1) is 21.6. The molecule has 7 heteroatoms. The Hall–Kier alpha value is -1.66. The van der Waals surface area contributed by atoms with Crippen molar-refractivity contribution in [2.75, 3.05) is 0 Å². The fourth-order valence-corrected chi connectivity index (χ4v) is 3.96. The Morgan fingerprint density at radius 2 is 2.04 bits per heavy atom. The summed E-state index contributed by atoms with van der Waals surface area (Å²) in [7, 11) is 0. The third-order valence-electron chi connectivity index (χ3n) is 4.13. The molecule has 1 saturated carbocycles. The lowest BCUT2D eigenvalue weighted by Gasteiger charge is -2.25. The van der Waals surface area contributed by atoms with Gasteiger partial charge in [-0.2, -0.15) is 0 Å². The van der Waals surface area contributed by atoms with Crippen LogP contribution < -0.4 is 5.32 Å². The smallest absolute Gasteiger partial charge is 0.255 e. The van der Waals surface area contributed by atoms with E-state index in [1.165, 1.54) is 31.2 Å². The van der Waals surface area contributed by atoms with Crippen molar-refractivity contribution >= 4 is 29.3 Å². The lowest BCUT2D eigenvalue weighted by molar-refractivity contribution is 0.0967. The van der Waals surface area contributed by atoms with Crippen molar-refractivity contribution in [2.24, 2.45) is 0 Å². The van der Waals surface area contributed by atoms with Gasteiger partial charge in [-0.05, 0) is 50.1 Å². The van der Waals surface area contributed by atoms with Crippen molar-refractivity contribution in [3.05, 3.63) is 64.9 Å². The normalized spacial score (nSPS) is 21.1. The molecule has 0 bridgehead atoms. The highest BCUT2D eigenvalue weighted by atomic mass is 35.5. The van der Waals surface area contributed by atoms with Crippen LogP contribution in [0.3, 0.4) is 0 Å². The third kappa shape index (κ3) is 6.47. The average molecular weight is 416 g/mol. The second-order valence-corrected chi connectivity index (χ2v) is 8.14. The van der Waals surface area contributed by atoms with E-state index in [1.54, 1.807) is 0 Å². The number of thioether (sulfide) groups is 1. The Labute approximate surface area is 166 Å². The molecule has 0 aliphatic heterocycles. The second-order valence-electron chi connectivity index (χ2n) is 6.30. The van der Waals surface area contributed by atoms with Crippen LogP contribution in [-0.4, -0.2) is 17.3 Å². The Morgan fingerprint density at radius 3 is 2.70 bits per heavy atom. The van der Waals surface area contributed by atoms with Crippen LogP contribution in [0.25, 0.3) is 0 Å². The maximum absolute atomic E-state index is 14.1. The highest BCUT2D eigenvalue weighted by Crippen LogP contribution is 2.36. The standard InChI is InChI=1S/C20H21ClF3NOS/c1-12(7-9-15(22)13(2)21)25-20(26)14-8-10-17(24)19(11-14)27-18-6-4-3-5-16(18)23/h7-11,16,18H,1,3-6H2,2H3,(H,25,26)/b9-7-,15-13-. The van der Waals surface area contributed by atoms with E-state index in [0.717, 1.165) is 30.7 Å². The van der Waals surface area contributed by atoms with Gasteiger partial charge >= 0.3 is 0 Å². The quantitative estimate of drug-likeness (QED) is 0.542. The lowest BCUT2D eigenvalue weighted by Crippen LogP contribution is -2.23. The minimum atomic E-state index is -0.973. The van der Waals surface area contributed by atoms with Crippen LogP contribution in [-0.2, 0) is 0 Å². The fourth-order valence-electron chi connectivity index (χ4n) is 2.63. The molecule has 1 amide bonds. The summed E-state index contributed by atoms with van der Waals surface area (Å²) < 4.78 is 41.4. The fraction of sp³-hybridized carbons (Fsp3) is 0.350. The molecule has 0 aromatic heterocycles. The van der Waals surface area contributed by atoms with Crippen LogP contribution in [0.1, 0.15) is 43.0 Å². The maximum atomic E-state index is 14.1. The van der Waals surface area contributed by atoms with Gasteiger partial charge in [-0.25, -0.2) is 13.2 Å². The molecule has 1 N–H and O–H groups in total. The van der Waals surface area contributed by atoms with Crippen LogP contribution in [0.4, 0.5) is 13.2 Å². The predicted octanol–water partition coefficient (Wildman–Crippen LogP) is 6.44. The molecule has 1 fully saturated rings. The van der Waals surface area contributed by atoms with E-state index < -0.39 is 23.7 Å². The summed E-state index contributed by atoms with van der Waals surface area (Å²) in [5.74, 6) is -1.64. The van der Waals surface area contributed by atoms with Crippen LogP contribution in [0.2, 0.25) is 0 Å². The topological polar surface area (TPSA) is 29.1 Å². The number of hydrogen-bond donors (Lipinski definition) is 1. The van der Waals surface area contributed by atoms with E-state index in [0.29, 0.717) is 12.8 Å². The average Bonchev–Trinajstić information content (AvgIpc) is 2.63. The number of benzene rings is 1. The van der Waals surface area contributed by atoms with E-state index in [-0.39, 0.29) is 26.4 Å². The van der Waals surface area contributed by atoms with E-state index in [9.17, 15) is 18.0 Å². The van der Waals surface area contributed by atoms with Crippen molar-refractivity contribution in [3.63, 3.8) is 0 Å². The zero-order valence-corrected chi connectivity index (χ0v) is 16.5. The van der Waals surface area contributed by atoms with Gasteiger partial charge < -0.3 is 5.32 Å². The molecule has 2 nitrogen and oxygen atoms in total. The number of rotatable bonds is 6. The van der Waals surface area contributed by atoms with E-state index in [1.807, 2.05) is 0 Å². The van der Waals surface area contributed by atoms with E-state index >= 15 is 0 Å². The second kappa shape index (κ2) is 10.0. The molecule has 0 spiro atoms. The molecule has 1 aliphatic carbocycles. The van der Waals surface area contributed by atoms with Crippen molar-refractivity contribution in [2.45, 2.75) is 48.9 Å². The Kier molecular flexibility index (Phi) is 8.05. The molecule has 2 atom stereocenters. The molecule has 1 aliphatic rings. The monoisotopic (exact) mass is 415 g/mol. The first-order chi connectivity index (χ1) is 12.8. The number of allylic oxidation sites excluding steroid dienone is 4. The number of alkyl halides is 1. The largest absolute Gasteiger partial charge is 0.323 e. The van der Waals surface area contributed by atoms with Gasteiger partial charge in [0.2, 0.25) is 0 Å². The third-order valence-corrected chi connectivity index (χ3v) is 5.71. The number of halogens is 4. The molecule has 27 heavy (non-hydrogen) atoms. The Bertz CT molecular complexity index is 774. The number of carbonyl (C=O) groups is 1. The van der Waals surface area contributed by atoms with Gasteiger partial charge in [-0.1, -0.05) is 31.0 Å². The van der Waals surface area contributed by atoms with Gasteiger partial charge in [0.25, 0.3) is 5.91 Å². The van der Waals surface area contributed by atoms with Gasteiger partial charge in [0.05, 0.1) is 5.03 Å². The molecule has 0 heterocycles. The van der Waals surface area contributed by atoms with E-state index in [2.05, 4.69) is 11.9 Å². The van der Waals surface area contributed by atoms with Crippen LogP contribution in [0.15, 0.2) is 58.4 Å². The minimum Gasteiger partial charge on any atom is -0.323 e. The zero-order chi connectivity index (χ0) is 20.0. The number of hydrogen-bond acceptors (Lipinski definition) is 2. The summed E-state index contributed by atoms with van der Waals surface area (Å²) in [4.78, 5) is 12.6. The molecule has 146 valence electrons. The van der Waals surface area contributed by atoms with Crippen molar-refractivity contribution in [1.82, 2.24) is 5.32 Å².